The smallest absolute Gasteiger partial charge is 0.316 e. The van der Waals surface area contributed by atoms with Gasteiger partial charge in [-0.1, -0.05) is 30.9 Å². The lowest BCUT2D eigenvalue weighted by Gasteiger charge is -2.48. The fourth-order valence-electron chi connectivity index (χ4n) is 14.2. The normalized spacial score (nSPS) is 20.9. The molecule has 5 aliphatic heterocycles. The maximum Gasteiger partial charge on any atom is 0.316 e. The van der Waals surface area contributed by atoms with Crippen molar-refractivity contribution in [2.24, 2.45) is 23.8 Å². The van der Waals surface area contributed by atoms with Gasteiger partial charge in [-0.3, -0.25) is 19.5 Å². The van der Waals surface area contributed by atoms with Crippen molar-refractivity contribution in [3.8, 4) is 17.2 Å². The Kier molecular flexibility index (Phi) is 15.3. The Bertz CT molecular complexity index is 2870. The van der Waals surface area contributed by atoms with Crippen molar-refractivity contribution in [2.45, 2.75) is 142 Å². The summed E-state index contributed by atoms with van der Waals surface area (Å²) in [4.78, 5) is 24.7. The number of amides is 1. The maximum absolute atomic E-state index is 14.5. The Morgan fingerprint density at radius 3 is 2.29 bits per heavy atom. The highest BCUT2D eigenvalue weighted by atomic mass is 35.5. The summed E-state index contributed by atoms with van der Waals surface area (Å²) in [6.45, 7) is 10.9. The summed E-state index contributed by atoms with van der Waals surface area (Å²) in [6.07, 6.45) is 23.3. The number of hydrogen-bond donors (Lipinski definition) is 1. The summed E-state index contributed by atoms with van der Waals surface area (Å²) in [5.74, 6) is 3.05. The highest BCUT2D eigenvalue weighted by Gasteiger charge is 2.43. The molecule has 1 amide bonds. The van der Waals surface area contributed by atoms with Crippen LogP contribution < -0.4 is 19.6 Å². The first-order valence-corrected chi connectivity index (χ1v) is 28.8. The molecule has 2 aliphatic carbocycles. The predicted molar refractivity (Wildman–Crippen MR) is 296 cm³/mol. The highest BCUT2D eigenvalue weighted by molar-refractivity contribution is 6.32. The van der Waals surface area contributed by atoms with Crippen molar-refractivity contribution in [3.63, 3.8) is 0 Å². The molecule has 5 fully saturated rings. The number of aryl methyl sites for hydroxylation is 3. The van der Waals surface area contributed by atoms with Crippen LogP contribution in [0.1, 0.15) is 131 Å². The van der Waals surface area contributed by atoms with E-state index in [1.807, 2.05) is 41.0 Å². The molecule has 3 aromatic heterocycles. The number of nitriles is 1. The van der Waals surface area contributed by atoms with E-state index in [2.05, 4.69) is 76.4 Å². The zero-order valence-corrected chi connectivity index (χ0v) is 45.7. The summed E-state index contributed by atoms with van der Waals surface area (Å²) in [6, 6.07) is 15.9. The van der Waals surface area contributed by atoms with E-state index in [9.17, 15) is 18.8 Å². The fraction of sp³-hybridized carbons (Fsp3) is 0.593. The second-order valence-electron chi connectivity index (χ2n) is 23.6. The molecule has 404 valence electrons. The third kappa shape index (κ3) is 11.0. The average Bonchev–Trinajstić information content (AvgIpc) is 4.19. The molecule has 12 rings (SSSR count). The molecule has 8 heterocycles. The summed E-state index contributed by atoms with van der Waals surface area (Å²) in [7, 11) is 1.95. The summed E-state index contributed by atoms with van der Waals surface area (Å²) < 4.78 is 30.9. The molecule has 7 aliphatic rings. The Labute approximate surface area is 452 Å². The minimum absolute atomic E-state index is 0.124. The molecule has 1 N–H and O–H groups in total. The number of rotatable bonds is 9. The van der Waals surface area contributed by atoms with E-state index >= 15 is 0 Å². The van der Waals surface area contributed by atoms with Gasteiger partial charge < -0.3 is 24.5 Å². The van der Waals surface area contributed by atoms with Crippen LogP contribution in [0.4, 0.5) is 37.6 Å². The number of nitrogens with one attached hydrogen (secondary N) is 1. The van der Waals surface area contributed by atoms with E-state index in [1.54, 1.807) is 19.1 Å². The van der Waals surface area contributed by atoms with Crippen LogP contribution >= 0.6 is 11.6 Å². The van der Waals surface area contributed by atoms with E-state index in [0.29, 0.717) is 28.4 Å². The summed E-state index contributed by atoms with van der Waals surface area (Å²) in [5, 5.41) is 30.8. The molecule has 2 aromatic carbocycles. The van der Waals surface area contributed by atoms with Crippen molar-refractivity contribution >= 4 is 46.3 Å². The largest absolute Gasteiger partial charge is 0.371 e. The third-order valence-corrected chi connectivity index (χ3v) is 19.2. The number of carbonyl (C=O) groups excluding carboxylic acids is 1. The van der Waals surface area contributed by atoms with Gasteiger partial charge in [-0.25, -0.2) is 0 Å². The van der Waals surface area contributed by atoms with Crippen LogP contribution in [0.25, 0.3) is 11.1 Å². The van der Waals surface area contributed by atoms with Gasteiger partial charge in [0.2, 0.25) is 5.91 Å². The molecule has 0 bridgehead atoms. The van der Waals surface area contributed by atoms with Crippen molar-refractivity contribution < 1.29 is 13.6 Å². The zero-order chi connectivity index (χ0) is 52.6. The SMILES string of the molecule is CC(=O)N1CCc2[nH]nc(N3CCCc4cc(-c5cnn(C)c5)c(C)cc43)c2C1.N#Cc1ccc(N2CCC3(CCN(c4ccc(N(C(F)F)C5CCC6(CC5)CCN(CC5CCCCC5)CC6)nn4)CC3)C2)cc1Cl. The van der Waals surface area contributed by atoms with Crippen molar-refractivity contribution in [1.82, 2.24) is 40.0 Å². The summed E-state index contributed by atoms with van der Waals surface area (Å²) >= 11 is 6.31. The van der Waals surface area contributed by atoms with Gasteiger partial charge in [0.1, 0.15) is 6.07 Å². The van der Waals surface area contributed by atoms with Crippen LogP contribution in [-0.4, -0.2) is 117 Å². The van der Waals surface area contributed by atoms with Gasteiger partial charge in [0.15, 0.2) is 17.5 Å². The van der Waals surface area contributed by atoms with Gasteiger partial charge in [0.05, 0.1) is 23.3 Å². The Morgan fingerprint density at radius 1 is 0.868 bits per heavy atom. The minimum atomic E-state index is -2.59. The number of H-pyrrole nitrogens is 1. The van der Waals surface area contributed by atoms with Crippen LogP contribution in [0.15, 0.2) is 54.9 Å². The number of aromatic amines is 1. The van der Waals surface area contributed by atoms with Gasteiger partial charge in [-0.05, 0) is 179 Å². The first kappa shape index (κ1) is 52.3. The number of alkyl halides is 2. The van der Waals surface area contributed by atoms with Gasteiger partial charge in [0.25, 0.3) is 0 Å². The van der Waals surface area contributed by atoms with E-state index in [4.69, 9.17) is 11.6 Å². The molecular weight excluding hydrogens is 980 g/mol. The third-order valence-electron chi connectivity index (χ3n) is 18.9. The number of likely N-dealkylation sites (tertiary alicyclic amines) is 1. The van der Waals surface area contributed by atoms with E-state index in [1.165, 1.54) is 91.9 Å². The van der Waals surface area contributed by atoms with Crippen LogP contribution in [0.5, 0.6) is 0 Å². The molecule has 17 heteroatoms. The average molecular weight is 1060 g/mol. The quantitative estimate of drug-likeness (QED) is 0.142. The lowest BCUT2D eigenvalue weighted by Crippen LogP contribution is -2.48. The monoisotopic (exact) mass is 1060 g/mol. The Hall–Kier alpha value is -5.79. The molecule has 3 saturated heterocycles. The number of fused-ring (bicyclic) bond motifs is 2. The van der Waals surface area contributed by atoms with Crippen LogP contribution in [0, 0.1) is 35.0 Å². The van der Waals surface area contributed by atoms with Crippen molar-refractivity contribution in [3.05, 3.63) is 87.8 Å². The first-order chi connectivity index (χ1) is 36.8. The maximum atomic E-state index is 14.5. The number of piperidine rings is 2. The molecule has 0 unspecified atom stereocenters. The molecule has 5 aromatic rings. The van der Waals surface area contributed by atoms with Gasteiger partial charge in [-0.2, -0.15) is 24.2 Å². The minimum Gasteiger partial charge on any atom is -0.371 e. The Balaban J connectivity index is 0.000000181. The van der Waals surface area contributed by atoms with Crippen molar-refractivity contribution in [1.29, 1.82) is 5.26 Å². The number of benzene rings is 2. The fourth-order valence-corrected chi connectivity index (χ4v) is 14.4. The number of hydrogen-bond acceptors (Lipinski definition) is 11. The highest BCUT2D eigenvalue weighted by Crippen LogP contribution is 2.48. The number of aromatic nitrogens is 6. The van der Waals surface area contributed by atoms with E-state index < -0.39 is 6.55 Å². The van der Waals surface area contributed by atoms with Gasteiger partial charge in [0, 0.05) is 107 Å². The predicted octanol–water partition coefficient (Wildman–Crippen LogP) is 11.2. The number of anilines is 5. The van der Waals surface area contributed by atoms with Crippen LogP contribution in [0.2, 0.25) is 5.02 Å². The molecule has 2 saturated carbocycles. The molecule has 0 atom stereocenters. The second kappa shape index (κ2) is 22.3. The molecule has 14 nitrogen and oxygen atoms in total. The lowest BCUT2D eigenvalue weighted by molar-refractivity contribution is -0.129. The molecule has 0 radical (unpaired) electrons. The Morgan fingerprint density at radius 2 is 1.62 bits per heavy atom. The second-order valence-corrected chi connectivity index (χ2v) is 24.0. The van der Waals surface area contributed by atoms with Crippen LogP contribution in [0.3, 0.4) is 0 Å². The summed E-state index contributed by atoms with van der Waals surface area (Å²) in [5.41, 5.74) is 10.7. The standard InChI is InChI=1S/C37H50ClF2N7.C22H26N6O/c38-32-24-31(7-6-29(32)25-41)46-23-18-37(27-46)16-21-45(22-17-37)33-8-9-34(43-42-33)47(35(39)40)30-10-12-36(13-11-30)14-19-44(20-15-36)26-28-4-2-1-3-5-28;1-14-9-21-16(10-18(14)17-11-23-26(3)12-17)5-4-7-28(21)22-19-13-27(15(2)29)8-6-20(19)24-25-22/h6-9,24,28,30,35H,1-5,10-23,26-27H2;9-12H,4-8,13H2,1-3H3,(H,24,25). The number of nitrogens with zero attached hydrogens (tertiary/aromatic N) is 12. The van der Waals surface area contributed by atoms with Crippen molar-refractivity contribution in [2.75, 3.05) is 78.5 Å². The number of carbonyl (C=O) groups is 1. The van der Waals surface area contributed by atoms with Gasteiger partial charge in [-0.15, -0.1) is 10.2 Å². The zero-order valence-electron chi connectivity index (χ0n) is 44.9. The lowest BCUT2D eigenvalue weighted by atomic mass is 9.66. The topological polar surface area (TPSA) is 133 Å². The van der Waals surface area contributed by atoms with Crippen LogP contribution in [-0.2, 0) is 31.2 Å². The van der Waals surface area contributed by atoms with E-state index in [0.717, 1.165) is 144 Å². The van der Waals surface area contributed by atoms with Gasteiger partial charge >= 0.3 is 6.55 Å². The number of halogens is 3. The van der Waals surface area contributed by atoms with E-state index in [-0.39, 0.29) is 17.4 Å². The molecule has 76 heavy (non-hydrogen) atoms. The molecule has 2 spiro atoms. The molecular formula is C59H76ClF2N13O. The first-order valence-electron chi connectivity index (χ1n) is 28.4.